The second kappa shape index (κ2) is 5.52. The van der Waals surface area contributed by atoms with Gasteiger partial charge in [0.2, 0.25) is 0 Å². The third-order valence-electron chi connectivity index (χ3n) is 0.906. The molecule has 0 aliphatic carbocycles. The van der Waals surface area contributed by atoms with Crippen molar-refractivity contribution in [1.82, 2.24) is 0 Å². The van der Waals surface area contributed by atoms with Crippen LogP contribution in [0, 0.1) is 0 Å². The van der Waals surface area contributed by atoms with Crippen LogP contribution in [0.4, 0.5) is 0 Å². The Kier molecular flexibility index (Phi) is 6.14. The minimum Gasteiger partial charge on any atom is -0.303 e. The third kappa shape index (κ3) is 11.4. The summed E-state index contributed by atoms with van der Waals surface area (Å²) in [7, 11) is -4.48. The Labute approximate surface area is 98.9 Å². The Balaban J connectivity index is 3.77. The molecule has 0 saturated heterocycles. The van der Waals surface area contributed by atoms with Crippen LogP contribution in [0.25, 0.3) is 0 Å². The van der Waals surface area contributed by atoms with Gasteiger partial charge in [0.1, 0.15) is 5.01 Å². The summed E-state index contributed by atoms with van der Waals surface area (Å²) in [4.78, 5) is 16.8. The summed E-state index contributed by atoms with van der Waals surface area (Å²) in [5, 5.41) is -0.830. The van der Waals surface area contributed by atoms with Gasteiger partial charge in [0.25, 0.3) is 0 Å². The fraction of sp³-hybridized carbons (Fsp3) is 1.00. The zero-order chi connectivity index (χ0) is 10.7. The second-order valence-corrected chi connectivity index (χ2v) is 6.89. The van der Waals surface area contributed by atoms with Crippen LogP contribution >= 0.6 is 58.6 Å². The van der Waals surface area contributed by atoms with Gasteiger partial charge in [0, 0.05) is 0 Å². The summed E-state index contributed by atoms with van der Waals surface area (Å²) in [6.07, 6.45) is 0.315. The van der Waals surface area contributed by atoms with E-state index >= 15 is 0 Å². The standard InChI is InChI=1S/C4H7BrCl3O4P/c5-3(12-13(9,10)11)1-2-4(6,7)8/h3H,1-2H2,(H2,9,10,11). The Morgan fingerprint density at radius 3 is 2.23 bits per heavy atom. The zero-order valence-electron chi connectivity index (χ0n) is 6.16. The molecule has 0 amide bonds. The predicted molar refractivity (Wildman–Crippen MR) is 55.4 cm³/mol. The van der Waals surface area contributed by atoms with Gasteiger partial charge in [-0.25, -0.2) is 4.57 Å². The van der Waals surface area contributed by atoms with Gasteiger partial charge in [-0.2, -0.15) is 0 Å². The maximum atomic E-state index is 10.3. The van der Waals surface area contributed by atoms with Crippen LogP contribution in [0.1, 0.15) is 12.8 Å². The van der Waals surface area contributed by atoms with E-state index in [4.69, 9.17) is 44.6 Å². The fourth-order valence-corrected chi connectivity index (χ4v) is 2.09. The SMILES string of the molecule is O=P(O)(O)OC(Br)CCC(Cl)(Cl)Cl. The summed E-state index contributed by atoms with van der Waals surface area (Å²) in [5.41, 5.74) is 0. The van der Waals surface area contributed by atoms with Gasteiger partial charge in [0.15, 0.2) is 3.79 Å². The second-order valence-electron chi connectivity index (χ2n) is 2.16. The molecule has 1 atom stereocenters. The molecule has 2 N–H and O–H groups in total. The molecule has 0 fully saturated rings. The number of hydrogen-bond donors (Lipinski definition) is 2. The molecule has 1 unspecified atom stereocenters. The van der Waals surface area contributed by atoms with Crippen LogP contribution in [-0.2, 0) is 9.09 Å². The van der Waals surface area contributed by atoms with E-state index in [1.54, 1.807) is 0 Å². The third-order valence-corrected chi connectivity index (χ3v) is 2.94. The van der Waals surface area contributed by atoms with Crippen molar-refractivity contribution in [2.75, 3.05) is 0 Å². The van der Waals surface area contributed by atoms with Crippen molar-refractivity contribution in [2.45, 2.75) is 21.6 Å². The summed E-state index contributed by atoms with van der Waals surface area (Å²) in [5.74, 6) is 0. The Bertz CT molecular complexity index is 202. The summed E-state index contributed by atoms with van der Waals surface area (Å²) in [6.45, 7) is 0. The van der Waals surface area contributed by atoms with E-state index in [9.17, 15) is 4.57 Å². The van der Waals surface area contributed by atoms with Gasteiger partial charge in [-0.05, 0) is 12.8 Å². The molecule has 0 saturated carbocycles. The van der Waals surface area contributed by atoms with E-state index in [1.807, 2.05) is 0 Å². The van der Waals surface area contributed by atoms with Crippen molar-refractivity contribution in [3.05, 3.63) is 0 Å². The van der Waals surface area contributed by atoms with E-state index in [0.717, 1.165) is 0 Å². The highest BCUT2D eigenvalue weighted by atomic mass is 79.9. The molecule has 0 aromatic rings. The van der Waals surface area contributed by atoms with Crippen LogP contribution in [0.15, 0.2) is 0 Å². The molecular weight excluding hydrogens is 329 g/mol. The maximum absolute atomic E-state index is 10.3. The molecule has 0 spiro atoms. The molecule has 0 aromatic carbocycles. The van der Waals surface area contributed by atoms with E-state index in [1.165, 1.54) is 0 Å². The molecule has 80 valence electrons. The van der Waals surface area contributed by atoms with Crippen LogP contribution in [0.5, 0.6) is 0 Å². The smallest absolute Gasteiger partial charge is 0.303 e. The molecule has 0 rings (SSSR count). The highest BCUT2D eigenvalue weighted by molar-refractivity contribution is 9.09. The van der Waals surface area contributed by atoms with E-state index < -0.39 is 16.6 Å². The average molecular weight is 336 g/mol. The van der Waals surface area contributed by atoms with Gasteiger partial charge in [-0.3, -0.25) is 4.52 Å². The Hall–Kier alpha value is 1.46. The molecule has 0 bridgehead atoms. The number of phosphoric ester groups is 1. The molecule has 4 nitrogen and oxygen atoms in total. The van der Waals surface area contributed by atoms with Crippen LogP contribution < -0.4 is 0 Å². The molecule has 0 aliphatic heterocycles. The van der Waals surface area contributed by atoms with Crippen molar-refractivity contribution in [3.63, 3.8) is 0 Å². The molecule has 0 aliphatic rings. The first kappa shape index (κ1) is 14.5. The Morgan fingerprint density at radius 1 is 1.46 bits per heavy atom. The van der Waals surface area contributed by atoms with Crippen LogP contribution in [0.3, 0.4) is 0 Å². The fourth-order valence-electron chi connectivity index (χ4n) is 0.479. The number of halogens is 4. The topological polar surface area (TPSA) is 66.8 Å². The monoisotopic (exact) mass is 334 g/mol. The lowest BCUT2D eigenvalue weighted by Gasteiger charge is -2.15. The van der Waals surface area contributed by atoms with Crippen molar-refractivity contribution >= 4 is 58.6 Å². The minimum atomic E-state index is -4.48. The highest BCUT2D eigenvalue weighted by Gasteiger charge is 2.25. The lowest BCUT2D eigenvalue weighted by Crippen LogP contribution is -2.09. The number of phosphoric acid groups is 1. The van der Waals surface area contributed by atoms with Crippen molar-refractivity contribution < 1.29 is 18.9 Å². The van der Waals surface area contributed by atoms with Gasteiger partial charge >= 0.3 is 7.82 Å². The number of rotatable bonds is 4. The Morgan fingerprint density at radius 2 is 1.92 bits per heavy atom. The molecular formula is C4H7BrCl3O4P. The number of hydrogen-bond acceptors (Lipinski definition) is 2. The van der Waals surface area contributed by atoms with E-state index in [0.29, 0.717) is 0 Å². The molecule has 0 radical (unpaired) electrons. The largest absolute Gasteiger partial charge is 0.470 e. The summed E-state index contributed by atoms with van der Waals surface area (Å²) < 4.78 is 13.1. The predicted octanol–water partition coefficient (Wildman–Crippen LogP) is 2.97. The van der Waals surface area contributed by atoms with Crippen LogP contribution in [0.2, 0.25) is 0 Å². The lowest BCUT2D eigenvalue weighted by molar-refractivity contribution is 0.179. The van der Waals surface area contributed by atoms with Crippen molar-refractivity contribution in [3.8, 4) is 0 Å². The van der Waals surface area contributed by atoms with E-state index in [2.05, 4.69) is 20.5 Å². The maximum Gasteiger partial charge on any atom is 0.470 e. The summed E-state index contributed by atoms with van der Waals surface area (Å²) in [6, 6.07) is 0. The zero-order valence-corrected chi connectivity index (χ0v) is 10.9. The van der Waals surface area contributed by atoms with E-state index in [-0.39, 0.29) is 12.8 Å². The minimum absolute atomic E-state index is 0.133. The quantitative estimate of drug-likeness (QED) is 0.612. The normalized spacial score (nSPS) is 15.8. The number of alkyl halides is 4. The van der Waals surface area contributed by atoms with Crippen LogP contribution in [-0.4, -0.2) is 18.6 Å². The first-order valence-electron chi connectivity index (χ1n) is 3.05. The molecule has 0 aromatic heterocycles. The van der Waals surface area contributed by atoms with Crippen molar-refractivity contribution in [1.29, 1.82) is 0 Å². The first-order valence-corrected chi connectivity index (χ1v) is 6.63. The highest BCUT2D eigenvalue weighted by Crippen LogP contribution is 2.41. The van der Waals surface area contributed by atoms with Gasteiger partial charge in [-0.15, -0.1) is 0 Å². The average Bonchev–Trinajstić information content (AvgIpc) is 1.78. The van der Waals surface area contributed by atoms with Gasteiger partial charge < -0.3 is 9.79 Å². The molecule has 0 heterocycles. The van der Waals surface area contributed by atoms with Gasteiger partial charge in [-0.1, -0.05) is 50.7 Å². The lowest BCUT2D eigenvalue weighted by atomic mass is 10.3. The summed E-state index contributed by atoms with van der Waals surface area (Å²) >= 11 is 19.1. The first-order chi connectivity index (χ1) is 5.60. The molecule has 9 heteroatoms. The van der Waals surface area contributed by atoms with Crippen molar-refractivity contribution in [2.24, 2.45) is 0 Å². The molecule has 13 heavy (non-hydrogen) atoms. The van der Waals surface area contributed by atoms with Gasteiger partial charge in [0.05, 0.1) is 0 Å².